The van der Waals surface area contributed by atoms with E-state index in [1.165, 1.54) is 0 Å². The first kappa shape index (κ1) is 14.2. The van der Waals surface area contributed by atoms with Gasteiger partial charge in [0.15, 0.2) is 5.82 Å². The SMILES string of the molecule is CC(CO)C(C)NC(=O)c1nc2ccccc2c(=O)[nH]1. The molecule has 6 nitrogen and oxygen atoms in total. The minimum absolute atomic E-state index is 0.0225. The largest absolute Gasteiger partial charge is 0.396 e. The van der Waals surface area contributed by atoms with Gasteiger partial charge in [-0.3, -0.25) is 9.59 Å². The lowest BCUT2D eigenvalue weighted by Crippen LogP contribution is -2.39. The maximum absolute atomic E-state index is 12.0. The molecule has 0 saturated carbocycles. The van der Waals surface area contributed by atoms with E-state index in [9.17, 15) is 9.59 Å². The van der Waals surface area contributed by atoms with Gasteiger partial charge in [0.1, 0.15) is 0 Å². The predicted octanol–water partition coefficient (Wildman–Crippen LogP) is 0.670. The van der Waals surface area contributed by atoms with Crippen molar-refractivity contribution < 1.29 is 9.90 Å². The molecule has 1 amide bonds. The Morgan fingerprint density at radius 1 is 1.40 bits per heavy atom. The lowest BCUT2D eigenvalue weighted by molar-refractivity contribution is 0.0906. The standard InChI is InChI=1S/C14H17N3O3/c1-8(7-18)9(2)15-14(20)12-16-11-6-4-3-5-10(11)13(19)17-12/h3-6,8-9,18H,7H2,1-2H3,(H,15,20)(H,16,17,19). The third kappa shape index (κ3) is 2.85. The van der Waals surface area contributed by atoms with Crippen LogP contribution in [0.3, 0.4) is 0 Å². The molecule has 0 fully saturated rings. The summed E-state index contributed by atoms with van der Waals surface area (Å²) in [7, 11) is 0. The number of aromatic amines is 1. The third-order valence-electron chi connectivity index (χ3n) is 3.33. The third-order valence-corrected chi connectivity index (χ3v) is 3.33. The molecule has 106 valence electrons. The highest BCUT2D eigenvalue weighted by Gasteiger charge is 2.17. The van der Waals surface area contributed by atoms with Crippen LogP contribution < -0.4 is 10.9 Å². The van der Waals surface area contributed by atoms with E-state index in [0.29, 0.717) is 10.9 Å². The number of carbonyl (C=O) groups excluding carboxylic acids is 1. The van der Waals surface area contributed by atoms with Gasteiger partial charge in [-0.1, -0.05) is 19.1 Å². The fraction of sp³-hybridized carbons (Fsp3) is 0.357. The van der Waals surface area contributed by atoms with Crippen LogP contribution in [-0.4, -0.2) is 33.6 Å². The van der Waals surface area contributed by atoms with Crippen molar-refractivity contribution in [3.05, 3.63) is 40.4 Å². The smallest absolute Gasteiger partial charge is 0.287 e. The molecule has 0 spiro atoms. The minimum atomic E-state index is -0.458. The van der Waals surface area contributed by atoms with Gasteiger partial charge in [0.2, 0.25) is 0 Å². The number of hydrogen-bond donors (Lipinski definition) is 3. The summed E-state index contributed by atoms with van der Waals surface area (Å²) in [6.45, 7) is 3.59. The summed E-state index contributed by atoms with van der Waals surface area (Å²) in [5, 5.41) is 12.2. The minimum Gasteiger partial charge on any atom is -0.396 e. The Balaban J connectivity index is 2.29. The average molecular weight is 275 g/mol. The van der Waals surface area contributed by atoms with Gasteiger partial charge in [0, 0.05) is 12.6 Å². The molecule has 6 heteroatoms. The highest BCUT2D eigenvalue weighted by Crippen LogP contribution is 2.06. The summed E-state index contributed by atoms with van der Waals surface area (Å²) in [6.07, 6.45) is 0. The summed E-state index contributed by atoms with van der Waals surface area (Å²) in [5.41, 5.74) is 0.132. The van der Waals surface area contributed by atoms with Crippen molar-refractivity contribution in [2.24, 2.45) is 5.92 Å². The highest BCUT2D eigenvalue weighted by atomic mass is 16.3. The van der Waals surface area contributed by atoms with E-state index in [2.05, 4.69) is 15.3 Å². The van der Waals surface area contributed by atoms with Crippen LogP contribution in [-0.2, 0) is 0 Å². The van der Waals surface area contributed by atoms with E-state index in [1.807, 2.05) is 6.92 Å². The van der Waals surface area contributed by atoms with Gasteiger partial charge in [0.05, 0.1) is 10.9 Å². The Morgan fingerprint density at radius 2 is 2.10 bits per heavy atom. The summed E-state index contributed by atoms with van der Waals surface area (Å²) in [4.78, 5) is 30.5. The van der Waals surface area contributed by atoms with Gasteiger partial charge in [-0.05, 0) is 25.0 Å². The van der Waals surface area contributed by atoms with Crippen LogP contribution >= 0.6 is 0 Å². The quantitative estimate of drug-likeness (QED) is 0.764. The Bertz CT molecular complexity index is 681. The van der Waals surface area contributed by atoms with Gasteiger partial charge in [-0.25, -0.2) is 4.98 Å². The number of H-pyrrole nitrogens is 1. The highest BCUT2D eigenvalue weighted by molar-refractivity contribution is 5.92. The Hall–Kier alpha value is -2.21. The van der Waals surface area contributed by atoms with E-state index >= 15 is 0 Å². The Morgan fingerprint density at radius 3 is 2.80 bits per heavy atom. The predicted molar refractivity (Wildman–Crippen MR) is 75.5 cm³/mol. The van der Waals surface area contributed by atoms with Gasteiger partial charge < -0.3 is 15.4 Å². The van der Waals surface area contributed by atoms with Crippen LogP contribution in [0.1, 0.15) is 24.5 Å². The summed E-state index contributed by atoms with van der Waals surface area (Å²) in [5.74, 6) is -0.558. The normalized spacial score (nSPS) is 13.9. The van der Waals surface area contributed by atoms with Crippen LogP contribution in [0.15, 0.2) is 29.1 Å². The van der Waals surface area contributed by atoms with Gasteiger partial charge >= 0.3 is 0 Å². The van der Waals surface area contributed by atoms with Crippen LogP contribution in [0.4, 0.5) is 0 Å². The summed E-state index contributed by atoms with van der Waals surface area (Å²) >= 11 is 0. The molecule has 2 atom stereocenters. The molecular weight excluding hydrogens is 258 g/mol. The first-order chi connectivity index (χ1) is 9.52. The molecular formula is C14H17N3O3. The fourth-order valence-electron chi connectivity index (χ4n) is 1.77. The molecule has 0 aliphatic heterocycles. The number of benzene rings is 1. The van der Waals surface area contributed by atoms with Crippen LogP contribution in [0.25, 0.3) is 10.9 Å². The number of nitrogens with zero attached hydrogens (tertiary/aromatic N) is 1. The van der Waals surface area contributed by atoms with Crippen molar-refractivity contribution >= 4 is 16.8 Å². The number of hydrogen-bond acceptors (Lipinski definition) is 4. The number of aliphatic hydroxyl groups is 1. The molecule has 1 heterocycles. The number of aliphatic hydroxyl groups excluding tert-OH is 1. The van der Waals surface area contributed by atoms with Gasteiger partial charge in [-0.2, -0.15) is 0 Å². The Labute approximate surface area is 115 Å². The number of nitrogens with one attached hydrogen (secondary N) is 2. The van der Waals surface area contributed by atoms with Crippen molar-refractivity contribution in [2.75, 3.05) is 6.61 Å². The molecule has 3 N–H and O–H groups in total. The second-order valence-corrected chi connectivity index (χ2v) is 4.85. The van der Waals surface area contributed by atoms with E-state index < -0.39 is 5.91 Å². The zero-order valence-electron chi connectivity index (χ0n) is 11.4. The molecule has 0 aliphatic carbocycles. The van der Waals surface area contributed by atoms with E-state index in [0.717, 1.165) is 0 Å². The second-order valence-electron chi connectivity index (χ2n) is 4.85. The number of carbonyl (C=O) groups is 1. The zero-order valence-corrected chi connectivity index (χ0v) is 11.4. The number of fused-ring (bicyclic) bond motifs is 1. The lowest BCUT2D eigenvalue weighted by Gasteiger charge is -2.18. The van der Waals surface area contributed by atoms with Crippen LogP contribution in [0.5, 0.6) is 0 Å². The number of rotatable bonds is 4. The molecule has 1 aromatic heterocycles. The number of para-hydroxylation sites is 1. The molecule has 2 rings (SSSR count). The summed E-state index contributed by atoms with van der Waals surface area (Å²) in [6, 6.07) is 6.61. The first-order valence-corrected chi connectivity index (χ1v) is 6.43. The van der Waals surface area contributed by atoms with Crippen molar-refractivity contribution in [1.82, 2.24) is 15.3 Å². The molecule has 1 aromatic carbocycles. The molecule has 20 heavy (non-hydrogen) atoms. The molecule has 0 radical (unpaired) electrons. The molecule has 2 aromatic rings. The molecule has 0 bridgehead atoms. The van der Waals surface area contributed by atoms with E-state index in [4.69, 9.17) is 5.11 Å². The maximum Gasteiger partial charge on any atom is 0.287 e. The lowest BCUT2D eigenvalue weighted by atomic mass is 10.1. The van der Waals surface area contributed by atoms with Crippen molar-refractivity contribution in [3.8, 4) is 0 Å². The number of amides is 1. The fourth-order valence-corrected chi connectivity index (χ4v) is 1.77. The zero-order chi connectivity index (χ0) is 14.7. The average Bonchev–Trinajstić information content (AvgIpc) is 2.46. The van der Waals surface area contributed by atoms with Crippen molar-refractivity contribution in [1.29, 1.82) is 0 Å². The van der Waals surface area contributed by atoms with E-state index in [-0.39, 0.29) is 30.0 Å². The monoisotopic (exact) mass is 275 g/mol. The Kier molecular flexibility index (Phi) is 4.14. The van der Waals surface area contributed by atoms with Gasteiger partial charge in [-0.15, -0.1) is 0 Å². The second kappa shape index (κ2) is 5.83. The van der Waals surface area contributed by atoms with Crippen molar-refractivity contribution in [2.45, 2.75) is 19.9 Å². The summed E-state index contributed by atoms with van der Waals surface area (Å²) < 4.78 is 0. The topological polar surface area (TPSA) is 95.1 Å². The number of aromatic nitrogens is 2. The van der Waals surface area contributed by atoms with Crippen molar-refractivity contribution in [3.63, 3.8) is 0 Å². The first-order valence-electron chi connectivity index (χ1n) is 6.43. The van der Waals surface area contributed by atoms with Crippen LogP contribution in [0.2, 0.25) is 0 Å². The molecule has 2 unspecified atom stereocenters. The maximum atomic E-state index is 12.0. The van der Waals surface area contributed by atoms with Gasteiger partial charge in [0.25, 0.3) is 11.5 Å². The van der Waals surface area contributed by atoms with E-state index in [1.54, 1.807) is 31.2 Å². The van der Waals surface area contributed by atoms with Crippen LogP contribution in [0, 0.1) is 5.92 Å². The molecule has 0 saturated heterocycles. The molecule has 0 aliphatic rings.